The van der Waals surface area contributed by atoms with Gasteiger partial charge in [-0.3, -0.25) is 4.90 Å². The number of piperidine rings is 1. The van der Waals surface area contributed by atoms with Crippen LogP contribution in [0.3, 0.4) is 0 Å². The third kappa shape index (κ3) is 5.96. The van der Waals surface area contributed by atoms with Crippen LogP contribution in [0.25, 0.3) is 0 Å². The number of hydrogen-bond acceptors (Lipinski definition) is 3. The Labute approximate surface area is 166 Å². The van der Waals surface area contributed by atoms with Crippen molar-refractivity contribution >= 4 is 5.96 Å². The van der Waals surface area contributed by atoms with Gasteiger partial charge in [-0.15, -0.1) is 0 Å². The molecule has 1 fully saturated rings. The normalized spacial score (nSPS) is 16.1. The molecule has 1 aliphatic rings. The summed E-state index contributed by atoms with van der Waals surface area (Å²) in [5.74, 6) is -0.200. The molecule has 1 aliphatic heterocycles. The average molecular weight is 384 g/mol. The molecule has 1 heterocycles. The van der Waals surface area contributed by atoms with E-state index in [1.54, 1.807) is 6.07 Å². The van der Waals surface area contributed by atoms with Gasteiger partial charge in [-0.1, -0.05) is 36.4 Å². The molecule has 0 atom stereocenters. The summed E-state index contributed by atoms with van der Waals surface area (Å²) in [6, 6.07) is 15.3. The van der Waals surface area contributed by atoms with Gasteiger partial charge in [-0.2, -0.15) is 0 Å². The maximum Gasteiger partial charge on any atom is 0.191 e. The van der Waals surface area contributed by atoms with Gasteiger partial charge in [0.05, 0.1) is 6.54 Å². The number of nitrogens with zero attached hydrogens (tertiary/aromatic N) is 2. The van der Waals surface area contributed by atoms with E-state index in [2.05, 4.69) is 44.8 Å². The predicted molar refractivity (Wildman–Crippen MR) is 111 cm³/mol. The Balaban J connectivity index is 1.51. The van der Waals surface area contributed by atoms with Gasteiger partial charge in [-0.05, 0) is 43.0 Å². The number of benzene rings is 2. The Morgan fingerprint density at radius 2 is 1.89 bits per heavy atom. The first-order valence-electron chi connectivity index (χ1n) is 9.92. The van der Waals surface area contributed by atoms with Crippen molar-refractivity contribution in [3.05, 3.63) is 65.5 Å². The molecule has 150 valence electrons. The monoisotopic (exact) mass is 384 g/mol. The molecule has 0 unspecified atom stereocenters. The zero-order valence-corrected chi connectivity index (χ0v) is 16.4. The Morgan fingerprint density at radius 1 is 1.14 bits per heavy atom. The fraction of sp³-hybridized carbons (Fsp3) is 0.409. The van der Waals surface area contributed by atoms with Gasteiger partial charge in [0.25, 0.3) is 0 Å². The summed E-state index contributed by atoms with van der Waals surface area (Å²) in [5.41, 5.74) is 2.08. The summed E-state index contributed by atoms with van der Waals surface area (Å²) in [4.78, 5) is 7.05. The maximum absolute atomic E-state index is 13.5. The number of phenols is 1. The van der Waals surface area contributed by atoms with Crippen molar-refractivity contribution in [1.29, 1.82) is 0 Å². The second kappa shape index (κ2) is 10.1. The van der Waals surface area contributed by atoms with Crippen LogP contribution in [0.2, 0.25) is 0 Å². The van der Waals surface area contributed by atoms with Crippen molar-refractivity contribution in [2.75, 3.05) is 19.6 Å². The fourth-order valence-electron chi connectivity index (χ4n) is 3.41. The van der Waals surface area contributed by atoms with Gasteiger partial charge < -0.3 is 15.7 Å². The molecule has 0 saturated carbocycles. The molecule has 1 saturated heterocycles. The van der Waals surface area contributed by atoms with E-state index < -0.39 is 5.82 Å². The standard InChI is InChI=1S/C22H29FN4O/c1-2-24-22(25-15-18-8-9-21(28)20(23)14-18)26-19-10-12-27(13-11-19)16-17-6-4-3-5-7-17/h3-9,14,19,28H,2,10-13,15-16H2,1H3,(H2,24,25,26). The largest absolute Gasteiger partial charge is 0.505 e. The van der Waals surface area contributed by atoms with E-state index >= 15 is 0 Å². The van der Waals surface area contributed by atoms with E-state index in [0.29, 0.717) is 12.6 Å². The number of nitrogens with one attached hydrogen (secondary N) is 2. The predicted octanol–water partition coefficient (Wildman–Crippen LogP) is 3.25. The highest BCUT2D eigenvalue weighted by atomic mass is 19.1. The van der Waals surface area contributed by atoms with Crippen LogP contribution in [-0.2, 0) is 13.1 Å². The molecule has 2 aromatic carbocycles. The second-order valence-electron chi connectivity index (χ2n) is 7.16. The maximum atomic E-state index is 13.5. The van der Waals surface area contributed by atoms with Gasteiger partial charge >= 0.3 is 0 Å². The number of hydrogen-bond donors (Lipinski definition) is 3. The molecule has 6 heteroatoms. The highest BCUT2D eigenvalue weighted by Crippen LogP contribution is 2.17. The molecule has 0 aromatic heterocycles. The Kier molecular flexibility index (Phi) is 7.25. The van der Waals surface area contributed by atoms with E-state index in [-0.39, 0.29) is 5.75 Å². The molecule has 2 aromatic rings. The quantitative estimate of drug-likeness (QED) is 0.529. The lowest BCUT2D eigenvalue weighted by Gasteiger charge is -2.33. The van der Waals surface area contributed by atoms with Gasteiger partial charge in [0.15, 0.2) is 17.5 Å². The Hall–Kier alpha value is -2.60. The lowest BCUT2D eigenvalue weighted by Crippen LogP contribution is -2.48. The van der Waals surface area contributed by atoms with Gasteiger partial charge in [0.1, 0.15) is 0 Å². The van der Waals surface area contributed by atoms with Gasteiger partial charge in [0.2, 0.25) is 0 Å². The molecule has 0 spiro atoms. The van der Waals surface area contributed by atoms with Crippen molar-refractivity contribution < 1.29 is 9.50 Å². The van der Waals surface area contributed by atoms with Crippen LogP contribution in [0.15, 0.2) is 53.5 Å². The molecule has 0 radical (unpaired) electrons. The van der Waals surface area contributed by atoms with Crippen LogP contribution in [0.5, 0.6) is 5.75 Å². The van der Waals surface area contributed by atoms with Crippen LogP contribution in [-0.4, -0.2) is 41.6 Å². The highest BCUT2D eigenvalue weighted by Gasteiger charge is 2.20. The number of halogens is 1. The van der Waals surface area contributed by atoms with E-state index in [9.17, 15) is 9.50 Å². The molecule has 0 amide bonds. The van der Waals surface area contributed by atoms with Crippen LogP contribution in [0.4, 0.5) is 4.39 Å². The molecule has 28 heavy (non-hydrogen) atoms. The zero-order chi connectivity index (χ0) is 19.8. The second-order valence-corrected chi connectivity index (χ2v) is 7.16. The first kappa shape index (κ1) is 20.1. The van der Waals surface area contributed by atoms with Crippen molar-refractivity contribution in [2.45, 2.75) is 38.9 Å². The molecule has 5 nitrogen and oxygen atoms in total. The number of guanidine groups is 1. The molecule has 0 aliphatic carbocycles. The fourth-order valence-corrected chi connectivity index (χ4v) is 3.41. The van der Waals surface area contributed by atoms with Crippen molar-refractivity contribution in [3.63, 3.8) is 0 Å². The first-order chi connectivity index (χ1) is 13.6. The Morgan fingerprint density at radius 3 is 2.57 bits per heavy atom. The summed E-state index contributed by atoms with van der Waals surface area (Å²) in [6.07, 6.45) is 2.12. The summed E-state index contributed by atoms with van der Waals surface area (Å²) < 4.78 is 13.5. The number of aliphatic imine (C=N–C) groups is 1. The van der Waals surface area contributed by atoms with Crippen molar-refractivity contribution in [2.24, 2.45) is 4.99 Å². The summed E-state index contributed by atoms with van der Waals surface area (Å²) in [5, 5.41) is 16.1. The van der Waals surface area contributed by atoms with Crippen LogP contribution >= 0.6 is 0 Å². The molecule has 0 bridgehead atoms. The summed E-state index contributed by atoms with van der Waals surface area (Å²) in [7, 11) is 0. The van der Waals surface area contributed by atoms with Crippen LogP contribution in [0, 0.1) is 5.82 Å². The first-order valence-corrected chi connectivity index (χ1v) is 9.92. The topological polar surface area (TPSA) is 59.9 Å². The van der Waals surface area contributed by atoms with Gasteiger partial charge in [0, 0.05) is 32.2 Å². The minimum absolute atomic E-state index is 0.333. The Bertz CT molecular complexity index is 773. The van der Waals surface area contributed by atoms with Crippen LogP contribution in [0.1, 0.15) is 30.9 Å². The van der Waals surface area contributed by atoms with Gasteiger partial charge in [-0.25, -0.2) is 9.38 Å². The minimum Gasteiger partial charge on any atom is -0.505 e. The average Bonchev–Trinajstić information content (AvgIpc) is 2.71. The number of aromatic hydroxyl groups is 1. The smallest absolute Gasteiger partial charge is 0.191 e. The number of likely N-dealkylation sites (tertiary alicyclic amines) is 1. The molecule has 3 rings (SSSR count). The summed E-state index contributed by atoms with van der Waals surface area (Å²) >= 11 is 0. The van der Waals surface area contributed by atoms with E-state index in [4.69, 9.17) is 0 Å². The minimum atomic E-state index is -0.614. The lowest BCUT2D eigenvalue weighted by atomic mass is 10.0. The summed E-state index contributed by atoms with van der Waals surface area (Å²) in [6.45, 7) is 6.25. The third-order valence-corrected chi connectivity index (χ3v) is 4.95. The van der Waals surface area contributed by atoms with E-state index in [1.165, 1.54) is 17.7 Å². The SMILES string of the molecule is CCNC(=NCc1ccc(O)c(F)c1)NC1CCN(Cc2ccccc2)CC1. The number of rotatable bonds is 6. The molecule has 3 N–H and O–H groups in total. The number of phenolic OH excluding ortho intramolecular Hbond substituents is 1. The third-order valence-electron chi connectivity index (χ3n) is 4.95. The highest BCUT2D eigenvalue weighted by molar-refractivity contribution is 5.80. The van der Waals surface area contributed by atoms with Crippen molar-refractivity contribution in [3.8, 4) is 5.75 Å². The lowest BCUT2D eigenvalue weighted by molar-refractivity contribution is 0.198. The van der Waals surface area contributed by atoms with Crippen molar-refractivity contribution in [1.82, 2.24) is 15.5 Å². The molecular weight excluding hydrogens is 355 g/mol. The zero-order valence-electron chi connectivity index (χ0n) is 16.4. The van der Waals surface area contributed by atoms with E-state index in [1.807, 2.05) is 13.0 Å². The van der Waals surface area contributed by atoms with E-state index in [0.717, 1.165) is 50.5 Å². The molecular formula is C22H29FN4O. The van der Waals surface area contributed by atoms with Crippen LogP contribution < -0.4 is 10.6 Å².